The maximum absolute atomic E-state index is 11.8. The number of rotatable bonds is 8. The molecular weight excluding hydrogens is 320 g/mol. The minimum absolute atomic E-state index is 0.0806. The van der Waals surface area contributed by atoms with E-state index in [1.165, 1.54) is 0 Å². The fourth-order valence-electron chi connectivity index (χ4n) is 2.14. The number of benzene rings is 1. The molecule has 2 heterocycles. The van der Waals surface area contributed by atoms with Gasteiger partial charge in [0.05, 0.1) is 18.6 Å². The van der Waals surface area contributed by atoms with Crippen LogP contribution < -0.4 is 10.1 Å². The van der Waals surface area contributed by atoms with Gasteiger partial charge in [0.15, 0.2) is 0 Å². The minimum atomic E-state index is -0.0806. The molecule has 0 bridgehead atoms. The van der Waals surface area contributed by atoms with Gasteiger partial charge in [-0.15, -0.1) is 10.2 Å². The Bertz CT molecular complexity index is 790. The predicted molar refractivity (Wildman–Crippen MR) is 90.8 cm³/mol. The van der Waals surface area contributed by atoms with Gasteiger partial charge in [0.2, 0.25) is 17.7 Å². The monoisotopic (exact) mass is 338 g/mol. The largest absolute Gasteiger partial charge is 0.493 e. The molecule has 0 unspecified atom stereocenters. The number of carbonyl (C=O) groups excluding carboxylic acids is 1. The summed E-state index contributed by atoms with van der Waals surface area (Å²) in [6, 6.07) is 13.0. The summed E-state index contributed by atoms with van der Waals surface area (Å²) < 4.78 is 11.0. The summed E-state index contributed by atoms with van der Waals surface area (Å²) in [6.07, 6.45) is 4.10. The standard InChI is InChI=1S/C18H18N4O3/c23-16(9-12-24-15-6-2-1-3-7-15)20-11-8-17-21-22-18(25-17)14-5-4-10-19-13-14/h1-7,10,13H,8-9,11-12H2,(H,20,23). The Labute approximate surface area is 145 Å². The zero-order chi connectivity index (χ0) is 17.3. The van der Waals surface area contributed by atoms with Crippen molar-refractivity contribution in [1.29, 1.82) is 0 Å². The number of aromatic nitrogens is 3. The number of ether oxygens (including phenoxy) is 1. The average molecular weight is 338 g/mol. The molecule has 25 heavy (non-hydrogen) atoms. The third-order valence-electron chi connectivity index (χ3n) is 3.38. The summed E-state index contributed by atoms with van der Waals surface area (Å²) in [6.45, 7) is 0.764. The lowest BCUT2D eigenvalue weighted by molar-refractivity contribution is -0.121. The second kappa shape index (κ2) is 8.58. The SMILES string of the molecule is O=C(CCOc1ccccc1)NCCc1nnc(-c2cccnc2)o1. The number of hydrogen-bond donors (Lipinski definition) is 1. The first-order valence-corrected chi connectivity index (χ1v) is 7.98. The fourth-order valence-corrected chi connectivity index (χ4v) is 2.14. The van der Waals surface area contributed by atoms with Gasteiger partial charge in [-0.3, -0.25) is 9.78 Å². The van der Waals surface area contributed by atoms with E-state index in [2.05, 4.69) is 20.5 Å². The lowest BCUT2D eigenvalue weighted by atomic mass is 10.3. The van der Waals surface area contributed by atoms with E-state index in [1.54, 1.807) is 18.5 Å². The first-order valence-electron chi connectivity index (χ1n) is 7.98. The van der Waals surface area contributed by atoms with E-state index in [4.69, 9.17) is 9.15 Å². The molecule has 0 aliphatic carbocycles. The number of nitrogens with zero attached hydrogens (tertiary/aromatic N) is 3. The van der Waals surface area contributed by atoms with Gasteiger partial charge in [-0.1, -0.05) is 18.2 Å². The van der Waals surface area contributed by atoms with Crippen molar-refractivity contribution in [2.75, 3.05) is 13.2 Å². The molecule has 0 atom stereocenters. The smallest absolute Gasteiger partial charge is 0.249 e. The van der Waals surface area contributed by atoms with Crippen molar-refractivity contribution in [2.24, 2.45) is 0 Å². The second-order valence-corrected chi connectivity index (χ2v) is 5.25. The van der Waals surface area contributed by atoms with Crippen molar-refractivity contribution in [1.82, 2.24) is 20.5 Å². The molecule has 3 rings (SSSR count). The van der Waals surface area contributed by atoms with Crippen molar-refractivity contribution in [2.45, 2.75) is 12.8 Å². The van der Waals surface area contributed by atoms with E-state index in [0.717, 1.165) is 11.3 Å². The van der Waals surface area contributed by atoms with Crippen molar-refractivity contribution in [3.63, 3.8) is 0 Å². The highest BCUT2D eigenvalue weighted by Gasteiger charge is 2.09. The van der Waals surface area contributed by atoms with Crippen LogP contribution in [0.5, 0.6) is 5.75 Å². The van der Waals surface area contributed by atoms with Crippen LogP contribution in [-0.2, 0) is 11.2 Å². The zero-order valence-electron chi connectivity index (χ0n) is 13.6. The normalized spacial score (nSPS) is 10.4. The van der Waals surface area contributed by atoms with Gasteiger partial charge < -0.3 is 14.5 Å². The molecule has 0 saturated carbocycles. The Morgan fingerprint density at radius 1 is 1.12 bits per heavy atom. The summed E-state index contributed by atoms with van der Waals surface area (Å²) in [5.41, 5.74) is 0.767. The maximum Gasteiger partial charge on any atom is 0.249 e. The molecule has 0 fully saturated rings. The van der Waals surface area contributed by atoms with Gasteiger partial charge in [0, 0.05) is 25.4 Å². The number of pyridine rings is 1. The summed E-state index contributed by atoms with van der Waals surface area (Å²) >= 11 is 0. The van der Waals surface area contributed by atoms with Crippen LogP contribution in [0.3, 0.4) is 0 Å². The van der Waals surface area contributed by atoms with Crippen molar-refractivity contribution < 1.29 is 13.9 Å². The fraction of sp³-hybridized carbons (Fsp3) is 0.222. The van der Waals surface area contributed by atoms with Crippen LogP contribution >= 0.6 is 0 Å². The molecule has 2 aromatic heterocycles. The zero-order valence-corrected chi connectivity index (χ0v) is 13.6. The molecule has 0 radical (unpaired) electrons. The van der Waals surface area contributed by atoms with Gasteiger partial charge in [-0.05, 0) is 24.3 Å². The number of nitrogens with one attached hydrogen (secondary N) is 1. The Morgan fingerprint density at radius 2 is 2.00 bits per heavy atom. The summed E-state index contributed by atoms with van der Waals surface area (Å²) in [4.78, 5) is 15.8. The highest BCUT2D eigenvalue weighted by atomic mass is 16.5. The molecule has 0 aliphatic heterocycles. The number of para-hydroxylation sites is 1. The van der Waals surface area contributed by atoms with E-state index in [1.807, 2.05) is 36.4 Å². The summed E-state index contributed by atoms with van der Waals surface area (Å²) in [5, 5.41) is 10.8. The molecule has 3 aromatic rings. The van der Waals surface area contributed by atoms with E-state index in [-0.39, 0.29) is 5.91 Å². The predicted octanol–water partition coefficient (Wildman–Crippen LogP) is 2.26. The first kappa shape index (κ1) is 16.6. The highest BCUT2D eigenvalue weighted by Crippen LogP contribution is 2.15. The van der Waals surface area contributed by atoms with Crippen LogP contribution in [0.1, 0.15) is 12.3 Å². The van der Waals surface area contributed by atoms with Gasteiger partial charge in [0.1, 0.15) is 5.75 Å². The Hall–Kier alpha value is -3.22. The molecule has 0 aliphatic rings. The van der Waals surface area contributed by atoms with Gasteiger partial charge in [0.25, 0.3) is 0 Å². The second-order valence-electron chi connectivity index (χ2n) is 5.25. The third-order valence-corrected chi connectivity index (χ3v) is 3.38. The Kier molecular flexibility index (Phi) is 5.71. The van der Waals surface area contributed by atoms with E-state index >= 15 is 0 Å². The van der Waals surface area contributed by atoms with Gasteiger partial charge in [-0.25, -0.2) is 0 Å². The van der Waals surface area contributed by atoms with E-state index in [9.17, 15) is 4.79 Å². The first-order chi connectivity index (χ1) is 12.3. The average Bonchev–Trinajstić information content (AvgIpc) is 3.12. The number of hydrogen-bond acceptors (Lipinski definition) is 6. The Morgan fingerprint density at radius 3 is 2.80 bits per heavy atom. The van der Waals surface area contributed by atoms with Crippen LogP contribution in [0.15, 0.2) is 59.3 Å². The van der Waals surface area contributed by atoms with Crippen LogP contribution in [0.2, 0.25) is 0 Å². The van der Waals surface area contributed by atoms with Crippen molar-refractivity contribution >= 4 is 5.91 Å². The van der Waals surface area contributed by atoms with Gasteiger partial charge in [-0.2, -0.15) is 0 Å². The molecule has 128 valence electrons. The number of carbonyl (C=O) groups is 1. The lowest BCUT2D eigenvalue weighted by Crippen LogP contribution is -2.27. The van der Waals surface area contributed by atoms with Crippen LogP contribution in [0.4, 0.5) is 0 Å². The molecule has 1 aromatic carbocycles. The minimum Gasteiger partial charge on any atom is -0.493 e. The molecule has 1 N–H and O–H groups in total. The van der Waals surface area contributed by atoms with E-state index in [0.29, 0.717) is 37.8 Å². The maximum atomic E-state index is 11.8. The van der Waals surface area contributed by atoms with Crippen LogP contribution in [-0.4, -0.2) is 34.2 Å². The van der Waals surface area contributed by atoms with Gasteiger partial charge >= 0.3 is 0 Å². The van der Waals surface area contributed by atoms with Crippen molar-refractivity contribution in [3.8, 4) is 17.2 Å². The molecule has 0 spiro atoms. The molecule has 0 saturated heterocycles. The topological polar surface area (TPSA) is 90.1 Å². The third kappa shape index (κ3) is 5.13. The number of amides is 1. The summed E-state index contributed by atoms with van der Waals surface area (Å²) in [5.74, 6) is 1.57. The quantitative estimate of drug-likeness (QED) is 0.677. The molecule has 7 nitrogen and oxygen atoms in total. The van der Waals surface area contributed by atoms with E-state index < -0.39 is 0 Å². The highest BCUT2D eigenvalue weighted by molar-refractivity contribution is 5.75. The summed E-state index contributed by atoms with van der Waals surface area (Å²) in [7, 11) is 0. The molecule has 7 heteroatoms. The van der Waals surface area contributed by atoms with Crippen molar-refractivity contribution in [3.05, 3.63) is 60.7 Å². The Balaban J connectivity index is 1.36. The molecule has 1 amide bonds. The molecular formula is C18H18N4O3. The lowest BCUT2D eigenvalue weighted by Gasteiger charge is -2.06. The van der Waals surface area contributed by atoms with Crippen LogP contribution in [0, 0.1) is 0 Å². The van der Waals surface area contributed by atoms with Crippen LogP contribution in [0.25, 0.3) is 11.5 Å².